The summed E-state index contributed by atoms with van der Waals surface area (Å²) in [5.41, 5.74) is 1.98. The van der Waals surface area contributed by atoms with Crippen LogP contribution in [0.2, 0.25) is 0 Å². The Labute approximate surface area is 98.3 Å². The van der Waals surface area contributed by atoms with E-state index in [1.807, 2.05) is 0 Å². The number of fused-ring (bicyclic) bond motifs is 1. The molecule has 3 aliphatic rings. The molecule has 4 atom stereocenters. The molecule has 3 rings (SSSR count). The predicted octanol–water partition coefficient (Wildman–Crippen LogP) is 3.59. The Kier molecular flexibility index (Phi) is 1.98. The zero-order chi connectivity index (χ0) is 11.6. The van der Waals surface area contributed by atoms with E-state index in [1.165, 1.54) is 19.3 Å². The van der Waals surface area contributed by atoms with E-state index in [2.05, 4.69) is 26.8 Å². The maximum absolute atomic E-state index is 11.2. The molecule has 2 bridgehead atoms. The molecular weight excluding hydrogens is 196 g/mol. The molecule has 2 saturated carbocycles. The van der Waals surface area contributed by atoms with Gasteiger partial charge in [0.1, 0.15) is 6.29 Å². The van der Waals surface area contributed by atoms with Crippen LogP contribution in [0.1, 0.15) is 46.5 Å². The number of aldehydes is 1. The van der Waals surface area contributed by atoms with Gasteiger partial charge < -0.3 is 0 Å². The van der Waals surface area contributed by atoms with Gasteiger partial charge in [0.2, 0.25) is 0 Å². The monoisotopic (exact) mass is 218 g/mol. The van der Waals surface area contributed by atoms with Gasteiger partial charge in [0.15, 0.2) is 0 Å². The Bertz CT molecular complexity index is 366. The van der Waals surface area contributed by atoms with Gasteiger partial charge >= 0.3 is 0 Å². The first-order valence-electron chi connectivity index (χ1n) is 6.67. The summed E-state index contributed by atoms with van der Waals surface area (Å²) in [6.07, 6.45) is 8.58. The van der Waals surface area contributed by atoms with Gasteiger partial charge in [0.05, 0.1) is 0 Å². The Morgan fingerprint density at radius 1 is 1.38 bits per heavy atom. The maximum Gasteiger partial charge on any atom is 0.146 e. The molecule has 0 heterocycles. The molecule has 88 valence electrons. The number of rotatable bonds is 1. The Morgan fingerprint density at radius 2 is 2.12 bits per heavy atom. The number of allylic oxidation sites excluding steroid dienone is 2. The standard InChI is InChI=1S/C15H22O/c1-10-4-5-13-14(2,3)12-8-15(10,13)7-6-11(12)9-16/h6,9-10,12-13H,4-5,7-8H2,1-3H3/t10-,12-,13+,15-/m1/s1. The molecule has 2 fully saturated rings. The lowest BCUT2D eigenvalue weighted by Gasteiger charge is -2.36. The predicted molar refractivity (Wildman–Crippen MR) is 65.0 cm³/mol. The largest absolute Gasteiger partial charge is 0.298 e. The topological polar surface area (TPSA) is 17.1 Å². The van der Waals surface area contributed by atoms with Gasteiger partial charge in [0.25, 0.3) is 0 Å². The van der Waals surface area contributed by atoms with Crippen LogP contribution in [0.15, 0.2) is 11.6 Å². The Balaban J connectivity index is 2.10. The van der Waals surface area contributed by atoms with Crippen LogP contribution < -0.4 is 0 Å². The second kappa shape index (κ2) is 3.00. The van der Waals surface area contributed by atoms with Crippen molar-refractivity contribution in [1.82, 2.24) is 0 Å². The third-order valence-corrected chi connectivity index (χ3v) is 6.20. The Hall–Kier alpha value is -0.590. The molecule has 0 unspecified atom stereocenters. The summed E-state index contributed by atoms with van der Waals surface area (Å²) < 4.78 is 0. The Morgan fingerprint density at radius 3 is 2.81 bits per heavy atom. The van der Waals surface area contributed by atoms with Crippen molar-refractivity contribution in [1.29, 1.82) is 0 Å². The SMILES string of the molecule is C[C@@H]1CC[C@H]2C(C)(C)[C@@H]3C[C@]12CC=C3C=O. The molecule has 1 spiro atoms. The zero-order valence-corrected chi connectivity index (χ0v) is 10.6. The van der Waals surface area contributed by atoms with E-state index in [9.17, 15) is 4.79 Å². The summed E-state index contributed by atoms with van der Waals surface area (Å²) >= 11 is 0. The van der Waals surface area contributed by atoms with Gasteiger partial charge in [0, 0.05) is 0 Å². The minimum atomic E-state index is 0.341. The van der Waals surface area contributed by atoms with Crippen LogP contribution in [0, 0.1) is 28.6 Å². The minimum absolute atomic E-state index is 0.341. The van der Waals surface area contributed by atoms with E-state index in [-0.39, 0.29) is 0 Å². The summed E-state index contributed by atoms with van der Waals surface area (Å²) in [4.78, 5) is 11.2. The highest BCUT2D eigenvalue weighted by molar-refractivity contribution is 5.75. The van der Waals surface area contributed by atoms with Crippen molar-refractivity contribution >= 4 is 6.29 Å². The lowest BCUT2D eigenvalue weighted by molar-refractivity contribution is -0.105. The van der Waals surface area contributed by atoms with Crippen molar-refractivity contribution in [2.75, 3.05) is 0 Å². The van der Waals surface area contributed by atoms with Gasteiger partial charge in [-0.05, 0) is 59.8 Å². The van der Waals surface area contributed by atoms with Crippen molar-refractivity contribution < 1.29 is 4.79 Å². The van der Waals surface area contributed by atoms with Gasteiger partial charge in [-0.1, -0.05) is 26.8 Å². The van der Waals surface area contributed by atoms with E-state index in [1.54, 1.807) is 0 Å². The normalized spacial score (nSPS) is 48.7. The molecule has 3 aliphatic carbocycles. The average Bonchev–Trinajstić information content (AvgIpc) is 2.65. The van der Waals surface area contributed by atoms with Crippen LogP contribution in [0.5, 0.6) is 0 Å². The highest BCUT2D eigenvalue weighted by Gasteiger charge is 2.63. The minimum Gasteiger partial charge on any atom is -0.298 e. The van der Waals surface area contributed by atoms with Gasteiger partial charge in [-0.3, -0.25) is 4.79 Å². The molecule has 1 heteroatoms. The number of hydrogen-bond acceptors (Lipinski definition) is 1. The lowest BCUT2D eigenvalue weighted by Crippen LogP contribution is -2.30. The zero-order valence-electron chi connectivity index (χ0n) is 10.6. The first kappa shape index (κ1) is 10.6. The summed E-state index contributed by atoms with van der Waals surface area (Å²) in [5, 5.41) is 0. The molecule has 0 saturated heterocycles. The van der Waals surface area contributed by atoms with Crippen LogP contribution in [0.25, 0.3) is 0 Å². The highest BCUT2D eigenvalue weighted by atomic mass is 16.1. The van der Waals surface area contributed by atoms with Crippen LogP contribution in [-0.4, -0.2) is 6.29 Å². The maximum atomic E-state index is 11.2. The van der Waals surface area contributed by atoms with Crippen LogP contribution >= 0.6 is 0 Å². The second-order valence-corrected chi connectivity index (χ2v) is 6.87. The van der Waals surface area contributed by atoms with E-state index in [0.717, 1.165) is 30.1 Å². The third-order valence-electron chi connectivity index (χ3n) is 6.20. The molecule has 0 amide bonds. The highest BCUT2D eigenvalue weighted by Crippen LogP contribution is 2.70. The van der Waals surface area contributed by atoms with Gasteiger partial charge in [-0.15, -0.1) is 0 Å². The number of carbonyl (C=O) groups is 1. The van der Waals surface area contributed by atoms with Crippen LogP contribution in [-0.2, 0) is 4.79 Å². The molecular formula is C15H22O. The van der Waals surface area contributed by atoms with Crippen LogP contribution in [0.4, 0.5) is 0 Å². The fourth-order valence-electron chi connectivity index (χ4n) is 5.23. The van der Waals surface area contributed by atoms with E-state index >= 15 is 0 Å². The van der Waals surface area contributed by atoms with E-state index < -0.39 is 0 Å². The van der Waals surface area contributed by atoms with Crippen molar-refractivity contribution in [2.24, 2.45) is 28.6 Å². The first-order chi connectivity index (χ1) is 7.52. The van der Waals surface area contributed by atoms with Gasteiger partial charge in [-0.2, -0.15) is 0 Å². The first-order valence-corrected chi connectivity index (χ1v) is 6.67. The van der Waals surface area contributed by atoms with Crippen molar-refractivity contribution in [3.05, 3.63) is 11.6 Å². The van der Waals surface area contributed by atoms with Crippen LogP contribution in [0.3, 0.4) is 0 Å². The molecule has 0 aromatic rings. The fourth-order valence-corrected chi connectivity index (χ4v) is 5.23. The van der Waals surface area contributed by atoms with Crippen molar-refractivity contribution in [2.45, 2.75) is 46.5 Å². The number of carbonyl (C=O) groups excluding carboxylic acids is 1. The fraction of sp³-hybridized carbons (Fsp3) is 0.800. The third kappa shape index (κ3) is 1.00. The molecule has 16 heavy (non-hydrogen) atoms. The molecule has 0 radical (unpaired) electrons. The molecule has 0 N–H and O–H groups in total. The summed E-state index contributed by atoms with van der Waals surface area (Å²) in [7, 11) is 0. The average molecular weight is 218 g/mol. The summed E-state index contributed by atoms with van der Waals surface area (Å²) in [6.45, 7) is 7.22. The van der Waals surface area contributed by atoms with E-state index in [4.69, 9.17) is 0 Å². The molecule has 0 aliphatic heterocycles. The summed E-state index contributed by atoms with van der Waals surface area (Å²) in [6, 6.07) is 0. The van der Waals surface area contributed by atoms with Gasteiger partial charge in [-0.25, -0.2) is 0 Å². The van der Waals surface area contributed by atoms with Crippen molar-refractivity contribution in [3.8, 4) is 0 Å². The number of hydrogen-bond donors (Lipinski definition) is 0. The second-order valence-electron chi connectivity index (χ2n) is 6.87. The molecule has 1 nitrogen and oxygen atoms in total. The van der Waals surface area contributed by atoms with Crippen molar-refractivity contribution in [3.63, 3.8) is 0 Å². The summed E-state index contributed by atoms with van der Waals surface area (Å²) in [5.74, 6) is 2.23. The van der Waals surface area contributed by atoms with E-state index in [0.29, 0.717) is 16.7 Å². The lowest BCUT2D eigenvalue weighted by atomic mass is 9.68. The smallest absolute Gasteiger partial charge is 0.146 e. The molecule has 0 aromatic carbocycles. The molecule has 0 aromatic heterocycles. The quantitative estimate of drug-likeness (QED) is 0.615.